The van der Waals surface area contributed by atoms with E-state index in [0.717, 1.165) is 49.8 Å². The zero-order chi connectivity index (χ0) is 15.4. The van der Waals surface area contributed by atoms with Gasteiger partial charge < -0.3 is 10.6 Å². The van der Waals surface area contributed by atoms with E-state index in [0.29, 0.717) is 6.54 Å². The molecule has 1 aromatic heterocycles. The second-order valence-corrected chi connectivity index (χ2v) is 5.89. The van der Waals surface area contributed by atoms with Gasteiger partial charge >= 0.3 is 0 Å². The van der Waals surface area contributed by atoms with Crippen LogP contribution in [-0.2, 0) is 13.1 Å². The SMILES string of the molecule is Cc1ccc(CN)c(N2CCN(Cc3ccccc3)CC2)n1. The number of pyridine rings is 1. The summed E-state index contributed by atoms with van der Waals surface area (Å²) in [5, 5.41) is 0. The molecule has 0 aliphatic carbocycles. The Morgan fingerprint density at radius 1 is 1.00 bits per heavy atom. The first-order valence-corrected chi connectivity index (χ1v) is 7.94. The minimum Gasteiger partial charge on any atom is -0.354 e. The standard InChI is InChI=1S/C18H24N4/c1-15-7-8-17(13-19)18(20-15)22-11-9-21(10-12-22)14-16-5-3-2-4-6-16/h2-8H,9-14,19H2,1H3. The van der Waals surface area contributed by atoms with Crippen LogP contribution in [0.15, 0.2) is 42.5 Å². The van der Waals surface area contributed by atoms with Gasteiger partial charge in [-0.2, -0.15) is 0 Å². The quantitative estimate of drug-likeness (QED) is 0.939. The van der Waals surface area contributed by atoms with Crippen LogP contribution in [0.1, 0.15) is 16.8 Å². The first kappa shape index (κ1) is 15.0. The summed E-state index contributed by atoms with van der Waals surface area (Å²) in [7, 11) is 0. The van der Waals surface area contributed by atoms with Crippen LogP contribution in [0.3, 0.4) is 0 Å². The Hall–Kier alpha value is -1.91. The predicted octanol–water partition coefficient (Wildman–Crippen LogP) is 2.17. The summed E-state index contributed by atoms with van der Waals surface area (Å²) in [4.78, 5) is 9.58. The molecule has 0 saturated carbocycles. The second-order valence-electron chi connectivity index (χ2n) is 5.89. The van der Waals surface area contributed by atoms with Crippen molar-refractivity contribution in [2.75, 3.05) is 31.1 Å². The van der Waals surface area contributed by atoms with E-state index in [4.69, 9.17) is 10.7 Å². The van der Waals surface area contributed by atoms with Crippen LogP contribution in [0.2, 0.25) is 0 Å². The zero-order valence-electron chi connectivity index (χ0n) is 13.2. The molecule has 1 aliphatic rings. The minimum absolute atomic E-state index is 0.548. The fraction of sp³-hybridized carbons (Fsp3) is 0.389. The van der Waals surface area contributed by atoms with Gasteiger partial charge in [-0.25, -0.2) is 4.98 Å². The summed E-state index contributed by atoms with van der Waals surface area (Å²) in [5.41, 5.74) is 9.44. The van der Waals surface area contributed by atoms with Gasteiger partial charge in [-0.1, -0.05) is 36.4 Å². The second kappa shape index (κ2) is 6.90. The van der Waals surface area contributed by atoms with E-state index < -0.39 is 0 Å². The summed E-state index contributed by atoms with van der Waals surface area (Å²) in [5.74, 6) is 1.07. The van der Waals surface area contributed by atoms with Gasteiger partial charge in [0.05, 0.1) is 0 Å². The predicted molar refractivity (Wildman–Crippen MR) is 90.8 cm³/mol. The molecule has 2 heterocycles. The summed E-state index contributed by atoms with van der Waals surface area (Å²) < 4.78 is 0. The summed E-state index contributed by atoms with van der Waals surface area (Å²) in [6.45, 7) is 7.76. The third-order valence-electron chi connectivity index (χ3n) is 4.24. The van der Waals surface area contributed by atoms with E-state index in [-0.39, 0.29) is 0 Å². The van der Waals surface area contributed by atoms with Gasteiger partial charge in [-0.15, -0.1) is 0 Å². The number of rotatable bonds is 4. The number of hydrogen-bond acceptors (Lipinski definition) is 4. The largest absolute Gasteiger partial charge is 0.354 e. The van der Waals surface area contributed by atoms with Crippen LogP contribution >= 0.6 is 0 Å². The summed E-state index contributed by atoms with van der Waals surface area (Å²) >= 11 is 0. The van der Waals surface area contributed by atoms with Crippen molar-refractivity contribution in [3.8, 4) is 0 Å². The molecule has 2 aromatic rings. The van der Waals surface area contributed by atoms with Crippen molar-refractivity contribution in [3.05, 3.63) is 59.3 Å². The minimum atomic E-state index is 0.548. The molecule has 4 heteroatoms. The Balaban J connectivity index is 1.63. The fourth-order valence-electron chi connectivity index (χ4n) is 2.96. The van der Waals surface area contributed by atoms with E-state index in [1.54, 1.807) is 0 Å². The number of benzene rings is 1. The molecule has 0 atom stereocenters. The molecule has 0 spiro atoms. The van der Waals surface area contributed by atoms with Crippen molar-refractivity contribution in [1.29, 1.82) is 0 Å². The van der Waals surface area contributed by atoms with Crippen LogP contribution in [-0.4, -0.2) is 36.1 Å². The molecule has 2 N–H and O–H groups in total. The van der Waals surface area contributed by atoms with E-state index >= 15 is 0 Å². The number of aryl methyl sites for hydroxylation is 1. The van der Waals surface area contributed by atoms with Gasteiger partial charge in [-0.05, 0) is 18.6 Å². The molecule has 1 saturated heterocycles. The van der Waals surface area contributed by atoms with Gasteiger partial charge in [-0.3, -0.25) is 4.90 Å². The Morgan fingerprint density at radius 2 is 1.73 bits per heavy atom. The van der Waals surface area contributed by atoms with Crippen molar-refractivity contribution < 1.29 is 0 Å². The van der Waals surface area contributed by atoms with Crippen molar-refractivity contribution in [2.45, 2.75) is 20.0 Å². The molecule has 1 fully saturated rings. The average molecular weight is 296 g/mol. The lowest BCUT2D eigenvalue weighted by atomic mass is 10.1. The Labute approximate surface area is 132 Å². The van der Waals surface area contributed by atoms with E-state index in [1.165, 1.54) is 5.56 Å². The lowest BCUT2D eigenvalue weighted by molar-refractivity contribution is 0.249. The van der Waals surface area contributed by atoms with Crippen LogP contribution in [0.4, 0.5) is 5.82 Å². The maximum absolute atomic E-state index is 5.86. The van der Waals surface area contributed by atoms with E-state index in [2.05, 4.69) is 46.2 Å². The lowest BCUT2D eigenvalue weighted by Crippen LogP contribution is -2.46. The number of aromatic nitrogens is 1. The van der Waals surface area contributed by atoms with Gasteiger partial charge in [0.1, 0.15) is 5.82 Å². The van der Waals surface area contributed by atoms with Crippen molar-refractivity contribution in [3.63, 3.8) is 0 Å². The molecule has 3 rings (SSSR count). The number of hydrogen-bond donors (Lipinski definition) is 1. The van der Waals surface area contributed by atoms with Crippen LogP contribution < -0.4 is 10.6 Å². The Kier molecular flexibility index (Phi) is 4.71. The molecule has 0 bridgehead atoms. The van der Waals surface area contributed by atoms with Gasteiger partial charge in [0.25, 0.3) is 0 Å². The first-order chi connectivity index (χ1) is 10.8. The fourth-order valence-corrected chi connectivity index (χ4v) is 2.96. The first-order valence-electron chi connectivity index (χ1n) is 7.94. The average Bonchev–Trinajstić information content (AvgIpc) is 2.56. The van der Waals surface area contributed by atoms with E-state index in [9.17, 15) is 0 Å². The summed E-state index contributed by atoms with van der Waals surface area (Å²) in [6, 6.07) is 14.8. The number of piperazine rings is 1. The van der Waals surface area contributed by atoms with Crippen LogP contribution in [0, 0.1) is 6.92 Å². The molecule has 1 aliphatic heterocycles. The maximum atomic E-state index is 5.86. The lowest BCUT2D eigenvalue weighted by Gasteiger charge is -2.36. The highest BCUT2D eigenvalue weighted by atomic mass is 15.3. The Bertz CT molecular complexity index is 604. The van der Waals surface area contributed by atoms with Gasteiger partial charge in [0, 0.05) is 50.5 Å². The molecule has 116 valence electrons. The molecule has 0 radical (unpaired) electrons. The Morgan fingerprint density at radius 3 is 2.41 bits per heavy atom. The molecular weight excluding hydrogens is 272 g/mol. The van der Waals surface area contributed by atoms with Crippen molar-refractivity contribution in [2.24, 2.45) is 5.73 Å². The van der Waals surface area contributed by atoms with Crippen molar-refractivity contribution in [1.82, 2.24) is 9.88 Å². The molecular formula is C18H24N4. The molecule has 4 nitrogen and oxygen atoms in total. The van der Waals surface area contributed by atoms with Gasteiger partial charge in [0.15, 0.2) is 0 Å². The molecule has 0 unspecified atom stereocenters. The molecule has 22 heavy (non-hydrogen) atoms. The number of anilines is 1. The van der Waals surface area contributed by atoms with Gasteiger partial charge in [0.2, 0.25) is 0 Å². The highest BCUT2D eigenvalue weighted by Crippen LogP contribution is 2.20. The topological polar surface area (TPSA) is 45.4 Å². The third kappa shape index (κ3) is 3.46. The maximum Gasteiger partial charge on any atom is 0.133 e. The van der Waals surface area contributed by atoms with Crippen molar-refractivity contribution >= 4 is 5.82 Å². The zero-order valence-corrected chi connectivity index (χ0v) is 13.2. The smallest absolute Gasteiger partial charge is 0.133 e. The summed E-state index contributed by atoms with van der Waals surface area (Å²) in [6.07, 6.45) is 0. The van der Waals surface area contributed by atoms with Crippen LogP contribution in [0.25, 0.3) is 0 Å². The number of nitrogens with two attached hydrogens (primary N) is 1. The highest BCUT2D eigenvalue weighted by molar-refractivity contribution is 5.48. The number of nitrogens with zero attached hydrogens (tertiary/aromatic N) is 3. The highest BCUT2D eigenvalue weighted by Gasteiger charge is 2.20. The monoisotopic (exact) mass is 296 g/mol. The van der Waals surface area contributed by atoms with Crippen LogP contribution in [0.5, 0.6) is 0 Å². The van der Waals surface area contributed by atoms with E-state index in [1.807, 2.05) is 13.0 Å². The molecule has 1 aromatic carbocycles. The third-order valence-corrected chi connectivity index (χ3v) is 4.24. The normalized spacial score (nSPS) is 16.0. The molecule has 0 amide bonds.